The summed E-state index contributed by atoms with van der Waals surface area (Å²) in [6, 6.07) is 15.0. The number of carbonyl (C=O) groups is 1. The van der Waals surface area contributed by atoms with E-state index in [9.17, 15) is 13.2 Å². The first kappa shape index (κ1) is 21.5. The molecule has 176 valence electrons. The first-order chi connectivity index (χ1) is 16.3. The van der Waals surface area contributed by atoms with Gasteiger partial charge in [-0.2, -0.15) is 0 Å². The number of amides is 1. The Balaban J connectivity index is 1.30. The van der Waals surface area contributed by atoms with E-state index in [2.05, 4.69) is 51.4 Å². The minimum Gasteiger partial charge on any atom is -0.273 e. The number of hydrogen-bond acceptors (Lipinski definition) is 6. The van der Waals surface area contributed by atoms with Crippen LogP contribution in [-0.4, -0.2) is 34.5 Å². The Morgan fingerprint density at radius 3 is 2.47 bits per heavy atom. The molecular formula is C25H27N5O3S. The van der Waals surface area contributed by atoms with Crippen LogP contribution in [0.5, 0.6) is 0 Å². The third kappa shape index (κ3) is 3.45. The van der Waals surface area contributed by atoms with Crippen molar-refractivity contribution in [3.63, 3.8) is 0 Å². The molecular weight excluding hydrogens is 450 g/mol. The molecule has 1 heterocycles. The molecule has 0 radical (unpaired) electrons. The summed E-state index contributed by atoms with van der Waals surface area (Å²) in [4.78, 5) is 13.7. The van der Waals surface area contributed by atoms with Gasteiger partial charge in [0.15, 0.2) is 0 Å². The molecule has 4 fully saturated rings. The number of sulfonamides is 1. The summed E-state index contributed by atoms with van der Waals surface area (Å²) in [6.45, 7) is 2.08. The van der Waals surface area contributed by atoms with Gasteiger partial charge in [-0.1, -0.05) is 35.9 Å². The van der Waals surface area contributed by atoms with Crippen molar-refractivity contribution < 1.29 is 13.2 Å². The van der Waals surface area contributed by atoms with Crippen molar-refractivity contribution in [2.24, 2.45) is 17.3 Å². The molecule has 4 aliphatic rings. The van der Waals surface area contributed by atoms with Crippen molar-refractivity contribution in [1.29, 1.82) is 0 Å². The second-order valence-corrected chi connectivity index (χ2v) is 12.3. The number of nitrogens with zero attached hydrogens (tertiary/aromatic N) is 4. The quantitative estimate of drug-likeness (QED) is 0.604. The summed E-state index contributed by atoms with van der Waals surface area (Å²) in [5, 5.41) is 11.0. The van der Waals surface area contributed by atoms with Crippen LogP contribution in [-0.2, 0) is 20.2 Å². The van der Waals surface area contributed by atoms with Gasteiger partial charge in [-0.15, -0.1) is 5.10 Å². The molecule has 2 aromatic carbocycles. The van der Waals surface area contributed by atoms with E-state index in [1.807, 2.05) is 0 Å². The van der Waals surface area contributed by atoms with Gasteiger partial charge in [-0.05, 0) is 96.9 Å². The van der Waals surface area contributed by atoms with Gasteiger partial charge in [0.25, 0.3) is 10.0 Å². The van der Waals surface area contributed by atoms with E-state index < -0.39 is 15.4 Å². The second-order valence-electron chi connectivity index (χ2n) is 10.6. The maximum absolute atomic E-state index is 13.7. The van der Waals surface area contributed by atoms with Crippen LogP contribution in [0.4, 0.5) is 0 Å². The summed E-state index contributed by atoms with van der Waals surface area (Å²) < 4.78 is 30.3. The smallest absolute Gasteiger partial charge is 0.264 e. The van der Waals surface area contributed by atoms with Gasteiger partial charge in [-0.25, -0.2) is 17.8 Å². The summed E-state index contributed by atoms with van der Waals surface area (Å²) in [6.07, 6.45) is 6.95. The molecule has 2 unspecified atom stereocenters. The van der Waals surface area contributed by atoms with E-state index in [0.717, 1.165) is 32.1 Å². The highest BCUT2D eigenvalue weighted by molar-refractivity contribution is 7.90. The van der Waals surface area contributed by atoms with Gasteiger partial charge in [0.1, 0.15) is 6.33 Å². The molecule has 4 aliphatic carbocycles. The van der Waals surface area contributed by atoms with Crippen molar-refractivity contribution in [2.45, 2.75) is 55.8 Å². The lowest BCUT2D eigenvalue weighted by molar-refractivity contribution is -0.147. The maximum atomic E-state index is 13.7. The normalized spacial score (nSPS) is 29.8. The predicted molar refractivity (Wildman–Crippen MR) is 124 cm³/mol. The molecule has 1 N–H and O–H groups in total. The molecule has 0 saturated heterocycles. The fourth-order valence-electron chi connectivity index (χ4n) is 7.14. The minimum atomic E-state index is -4.04. The summed E-state index contributed by atoms with van der Waals surface area (Å²) in [7, 11) is -4.04. The summed E-state index contributed by atoms with van der Waals surface area (Å²) in [5.74, 6) is 0.559. The number of aromatic nitrogens is 4. The van der Waals surface area contributed by atoms with Crippen LogP contribution in [0.1, 0.15) is 49.7 Å². The highest BCUT2D eigenvalue weighted by Crippen LogP contribution is 2.65. The fraction of sp³-hybridized carbons (Fsp3) is 0.440. The van der Waals surface area contributed by atoms with Gasteiger partial charge < -0.3 is 0 Å². The van der Waals surface area contributed by atoms with E-state index in [-0.39, 0.29) is 16.2 Å². The Morgan fingerprint density at radius 1 is 1.06 bits per heavy atom. The zero-order chi connectivity index (χ0) is 23.6. The Kier molecular flexibility index (Phi) is 4.71. The third-order valence-electron chi connectivity index (χ3n) is 8.18. The molecule has 1 amide bonds. The van der Waals surface area contributed by atoms with Crippen LogP contribution in [0.25, 0.3) is 5.69 Å². The van der Waals surface area contributed by atoms with Crippen LogP contribution in [0, 0.1) is 24.2 Å². The zero-order valence-corrected chi connectivity index (χ0v) is 19.8. The first-order valence-corrected chi connectivity index (χ1v) is 13.2. The Hall–Kier alpha value is -3.07. The van der Waals surface area contributed by atoms with Gasteiger partial charge in [0.2, 0.25) is 5.91 Å². The predicted octanol–water partition coefficient (Wildman–Crippen LogP) is 3.31. The molecule has 8 nitrogen and oxygen atoms in total. The number of hydrogen-bond donors (Lipinski definition) is 1. The number of nitrogens with one attached hydrogen (secondary N) is 1. The van der Waals surface area contributed by atoms with Gasteiger partial charge in [-0.3, -0.25) is 4.79 Å². The number of rotatable bonds is 5. The van der Waals surface area contributed by atoms with E-state index in [1.165, 1.54) is 34.3 Å². The number of benzene rings is 2. The Morgan fingerprint density at radius 2 is 1.79 bits per heavy atom. The fourth-order valence-corrected chi connectivity index (χ4v) is 8.25. The lowest BCUT2D eigenvalue weighted by atomic mass is 9.42. The van der Waals surface area contributed by atoms with Crippen LogP contribution >= 0.6 is 0 Å². The average molecular weight is 478 g/mol. The number of carbonyl (C=O) groups excluding carboxylic acids is 1. The van der Waals surface area contributed by atoms with Gasteiger partial charge >= 0.3 is 0 Å². The van der Waals surface area contributed by atoms with Crippen LogP contribution in [0.2, 0.25) is 0 Å². The van der Waals surface area contributed by atoms with Crippen molar-refractivity contribution in [1.82, 2.24) is 24.9 Å². The lowest BCUT2D eigenvalue weighted by Gasteiger charge is -2.61. The van der Waals surface area contributed by atoms with Gasteiger partial charge in [0.05, 0.1) is 16.0 Å². The molecule has 2 atom stereocenters. The van der Waals surface area contributed by atoms with Crippen LogP contribution in [0.3, 0.4) is 0 Å². The number of tetrazole rings is 1. The van der Waals surface area contributed by atoms with Crippen molar-refractivity contribution >= 4 is 15.9 Å². The van der Waals surface area contributed by atoms with Crippen molar-refractivity contribution in [3.8, 4) is 5.69 Å². The van der Waals surface area contributed by atoms with E-state index in [1.54, 1.807) is 12.1 Å². The molecule has 34 heavy (non-hydrogen) atoms. The van der Waals surface area contributed by atoms with Crippen LogP contribution < -0.4 is 4.72 Å². The van der Waals surface area contributed by atoms with E-state index in [4.69, 9.17) is 0 Å². The Labute approximate surface area is 198 Å². The van der Waals surface area contributed by atoms with Gasteiger partial charge in [0, 0.05) is 0 Å². The SMILES string of the molecule is Cc1ccc(C23CC4CC(CC(C(=O)NS(=O)(=O)c5cccc(-n6cnnn6)c5)(C4)C2)C3)cc1. The molecule has 9 heteroatoms. The third-order valence-corrected chi connectivity index (χ3v) is 9.50. The average Bonchev–Trinajstić information content (AvgIpc) is 3.33. The molecule has 4 bridgehead atoms. The molecule has 0 spiro atoms. The van der Waals surface area contributed by atoms with E-state index >= 15 is 0 Å². The van der Waals surface area contributed by atoms with Crippen molar-refractivity contribution in [2.75, 3.05) is 0 Å². The maximum Gasteiger partial charge on any atom is 0.264 e. The molecule has 4 saturated carbocycles. The summed E-state index contributed by atoms with van der Waals surface area (Å²) in [5.41, 5.74) is 2.33. The lowest BCUT2D eigenvalue weighted by Crippen LogP contribution is -2.59. The minimum absolute atomic E-state index is 0.0202. The number of aryl methyl sites for hydroxylation is 1. The first-order valence-electron chi connectivity index (χ1n) is 11.7. The monoisotopic (exact) mass is 477 g/mol. The molecule has 1 aromatic heterocycles. The second kappa shape index (κ2) is 7.46. The summed E-state index contributed by atoms with van der Waals surface area (Å²) >= 11 is 0. The van der Waals surface area contributed by atoms with E-state index in [0.29, 0.717) is 23.9 Å². The molecule has 0 aliphatic heterocycles. The highest BCUT2D eigenvalue weighted by Gasteiger charge is 2.61. The molecule has 7 rings (SSSR count). The highest BCUT2D eigenvalue weighted by atomic mass is 32.2. The zero-order valence-electron chi connectivity index (χ0n) is 19.0. The standard InChI is InChI=1S/C25H27N5O3S/c1-17-5-7-20(8-6-17)24-11-18-9-19(12-24)14-25(13-18,15-24)23(31)27-34(32,33)22-4-2-3-21(10-22)30-16-26-28-29-30/h2-8,10,16,18-19H,9,11-15H2,1H3,(H,27,31). The largest absolute Gasteiger partial charge is 0.273 e. The van der Waals surface area contributed by atoms with Crippen molar-refractivity contribution in [3.05, 3.63) is 66.0 Å². The van der Waals surface area contributed by atoms with Crippen LogP contribution in [0.15, 0.2) is 59.8 Å². The molecule has 3 aromatic rings. The topological polar surface area (TPSA) is 107 Å². The Bertz CT molecular complexity index is 1340.